The number of anilines is 1. The van der Waals surface area contributed by atoms with E-state index in [-0.39, 0.29) is 10.8 Å². The lowest BCUT2D eigenvalue weighted by molar-refractivity contribution is -0.116. The number of carbonyl (C=O) groups excluding carboxylic acids is 1. The Morgan fingerprint density at radius 3 is 2.38 bits per heavy atom. The quantitative estimate of drug-likeness (QED) is 0.698. The number of nitrogens with zero attached hydrogens (tertiary/aromatic N) is 1. The number of sulfonamides is 1. The van der Waals surface area contributed by atoms with E-state index in [1.807, 2.05) is 6.92 Å². The zero-order valence-corrected chi connectivity index (χ0v) is 15.8. The Hall–Kier alpha value is -1.60. The molecule has 6 nitrogen and oxygen atoms in total. The Bertz CT molecular complexity index is 640. The Morgan fingerprint density at radius 2 is 1.83 bits per heavy atom. The Kier molecular flexibility index (Phi) is 8.21. The van der Waals surface area contributed by atoms with Crippen LogP contribution in [0.2, 0.25) is 0 Å². The Balaban J connectivity index is 3.20. The number of hydrogen-bond acceptors (Lipinski definition) is 4. The highest BCUT2D eigenvalue weighted by atomic mass is 32.2. The van der Waals surface area contributed by atoms with Gasteiger partial charge in [0, 0.05) is 25.2 Å². The van der Waals surface area contributed by atoms with Crippen molar-refractivity contribution < 1.29 is 17.9 Å². The lowest BCUT2D eigenvalue weighted by Gasteiger charge is -2.21. The number of carbonyl (C=O) groups is 1. The Morgan fingerprint density at radius 1 is 1.17 bits per heavy atom. The van der Waals surface area contributed by atoms with Crippen LogP contribution in [0.4, 0.5) is 5.69 Å². The maximum absolute atomic E-state index is 12.8. The fourth-order valence-corrected chi connectivity index (χ4v) is 3.94. The summed E-state index contributed by atoms with van der Waals surface area (Å²) in [5, 5.41) is 2.76. The van der Waals surface area contributed by atoms with E-state index in [2.05, 4.69) is 5.32 Å². The van der Waals surface area contributed by atoms with Crippen molar-refractivity contribution in [3.63, 3.8) is 0 Å². The normalized spacial score (nSPS) is 11.5. The molecule has 0 atom stereocenters. The molecule has 1 rings (SSSR count). The molecule has 24 heavy (non-hydrogen) atoms. The van der Waals surface area contributed by atoms with E-state index in [0.29, 0.717) is 37.6 Å². The second-order valence-electron chi connectivity index (χ2n) is 5.34. The van der Waals surface area contributed by atoms with Gasteiger partial charge < -0.3 is 10.1 Å². The van der Waals surface area contributed by atoms with Crippen molar-refractivity contribution in [3.05, 3.63) is 18.2 Å². The van der Waals surface area contributed by atoms with Crippen molar-refractivity contribution in [3.8, 4) is 5.75 Å². The topological polar surface area (TPSA) is 75.7 Å². The standard InChI is InChI=1S/C17H28N2O4S/c1-5-9-10-17(20)18-14-11-12-15(23-8-4)16(13-14)24(21,22)19(6-2)7-3/h11-13H,5-10H2,1-4H3,(H,18,20). The van der Waals surface area contributed by atoms with E-state index in [4.69, 9.17) is 4.74 Å². The molecule has 0 aromatic heterocycles. The lowest BCUT2D eigenvalue weighted by Crippen LogP contribution is -2.31. The molecule has 0 aliphatic carbocycles. The molecule has 1 amide bonds. The van der Waals surface area contributed by atoms with E-state index in [0.717, 1.165) is 12.8 Å². The summed E-state index contributed by atoms with van der Waals surface area (Å²) in [4.78, 5) is 12.0. The molecule has 0 saturated carbocycles. The van der Waals surface area contributed by atoms with E-state index < -0.39 is 10.0 Å². The highest BCUT2D eigenvalue weighted by molar-refractivity contribution is 7.89. The average molecular weight is 356 g/mol. The number of amides is 1. The van der Waals surface area contributed by atoms with Crippen LogP contribution in [0.5, 0.6) is 5.75 Å². The van der Waals surface area contributed by atoms with Crippen LogP contribution >= 0.6 is 0 Å². The molecule has 0 spiro atoms. The van der Waals surface area contributed by atoms with Crippen molar-refractivity contribution in [2.24, 2.45) is 0 Å². The van der Waals surface area contributed by atoms with Crippen LogP contribution in [0, 0.1) is 0 Å². The van der Waals surface area contributed by atoms with Crippen LogP contribution in [-0.4, -0.2) is 38.3 Å². The van der Waals surface area contributed by atoms with Crippen molar-refractivity contribution >= 4 is 21.6 Å². The number of ether oxygens (including phenoxy) is 1. The van der Waals surface area contributed by atoms with Gasteiger partial charge in [-0.05, 0) is 31.5 Å². The summed E-state index contributed by atoms with van der Waals surface area (Å²) in [6.45, 7) is 8.50. The molecule has 0 heterocycles. The van der Waals surface area contributed by atoms with Crippen LogP contribution in [0.25, 0.3) is 0 Å². The lowest BCUT2D eigenvalue weighted by atomic mass is 10.2. The van der Waals surface area contributed by atoms with E-state index >= 15 is 0 Å². The van der Waals surface area contributed by atoms with E-state index in [9.17, 15) is 13.2 Å². The Labute approximate surface area is 145 Å². The smallest absolute Gasteiger partial charge is 0.246 e. The fraction of sp³-hybridized carbons (Fsp3) is 0.588. The minimum absolute atomic E-state index is 0.0846. The van der Waals surface area contributed by atoms with Gasteiger partial charge in [-0.15, -0.1) is 0 Å². The first-order chi connectivity index (χ1) is 11.4. The van der Waals surface area contributed by atoms with Crippen LogP contribution in [-0.2, 0) is 14.8 Å². The highest BCUT2D eigenvalue weighted by Crippen LogP contribution is 2.30. The number of benzene rings is 1. The minimum Gasteiger partial charge on any atom is -0.492 e. The van der Waals surface area contributed by atoms with E-state index in [1.54, 1.807) is 32.9 Å². The van der Waals surface area contributed by atoms with Gasteiger partial charge in [0.2, 0.25) is 15.9 Å². The summed E-state index contributed by atoms with van der Waals surface area (Å²) in [5.41, 5.74) is 0.463. The van der Waals surface area contributed by atoms with Crippen LogP contribution in [0.15, 0.2) is 23.1 Å². The maximum atomic E-state index is 12.8. The van der Waals surface area contributed by atoms with Crippen LogP contribution in [0.1, 0.15) is 47.0 Å². The highest BCUT2D eigenvalue weighted by Gasteiger charge is 2.26. The first-order valence-corrected chi connectivity index (χ1v) is 9.91. The number of hydrogen-bond donors (Lipinski definition) is 1. The molecule has 1 aromatic carbocycles. The van der Waals surface area contributed by atoms with Gasteiger partial charge in [-0.3, -0.25) is 4.79 Å². The van der Waals surface area contributed by atoms with Crippen LogP contribution in [0.3, 0.4) is 0 Å². The largest absolute Gasteiger partial charge is 0.492 e. The summed E-state index contributed by atoms with van der Waals surface area (Å²) in [6.07, 6.45) is 2.15. The van der Waals surface area contributed by atoms with Gasteiger partial charge in [-0.2, -0.15) is 4.31 Å². The molecule has 7 heteroatoms. The second kappa shape index (κ2) is 9.64. The first-order valence-electron chi connectivity index (χ1n) is 8.47. The van der Waals surface area contributed by atoms with Crippen molar-refractivity contribution in [1.29, 1.82) is 0 Å². The third kappa shape index (κ3) is 5.21. The minimum atomic E-state index is -3.67. The van der Waals surface area contributed by atoms with E-state index in [1.165, 1.54) is 10.4 Å². The van der Waals surface area contributed by atoms with Gasteiger partial charge in [0.15, 0.2) is 0 Å². The third-order valence-electron chi connectivity index (χ3n) is 3.61. The zero-order chi connectivity index (χ0) is 18.2. The zero-order valence-electron chi connectivity index (χ0n) is 15.0. The second-order valence-corrected chi connectivity index (χ2v) is 7.24. The summed E-state index contributed by atoms with van der Waals surface area (Å²) in [6, 6.07) is 4.73. The van der Waals surface area contributed by atoms with Gasteiger partial charge in [0.1, 0.15) is 10.6 Å². The predicted molar refractivity (Wildman–Crippen MR) is 95.9 cm³/mol. The molecule has 0 fully saturated rings. The molecule has 0 radical (unpaired) electrons. The summed E-state index contributed by atoms with van der Waals surface area (Å²) in [5.74, 6) is 0.183. The molecule has 0 unspecified atom stereocenters. The summed E-state index contributed by atoms with van der Waals surface area (Å²) >= 11 is 0. The monoisotopic (exact) mass is 356 g/mol. The molecule has 0 bridgehead atoms. The van der Waals surface area contributed by atoms with Crippen LogP contribution < -0.4 is 10.1 Å². The number of nitrogens with one attached hydrogen (secondary N) is 1. The van der Waals surface area contributed by atoms with Crippen molar-refractivity contribution in [2.45, 2.75) is 51.9 Å². The molecule has 0 aliphatic heterocycles. The number of rotatable bonds is 10. The van der Waals surface area contributed by atoms with Gasteiger partial charge in [0.25, 0.3) is 0 Å². The van der Waals surface area contributed by atoms with Gasteiger partial charge >= 0.3 is 0 Å². The molecule has 0 saturated heterocycles. The van der Waals surface area contributed by atoms with Gasteiger partial charge in [-0.25, -0.2) is 8.42 Å². The maximum Gasteiger partial charge on any atom is 0.246 e. The molecular weight excluding hydrogens is 328 g/mol. The molecule has 136 valence electrons. The van der Waals surface area contributed by atoms with Crippen molar-refractivity contribution in [1.82, 2.24) is 4.31 Å². The average Bonchev–Trinajstić information content (AvgIpc) is 2.55. The van der Waals surface area contributed by atoms with Gasteiger partial charge in [0.05, 0.1) is 6.61 Å². The SMILES string of the molecule is CCCCC(=O)Nc1ccc(OCC)c(S(=O)(=O)N(CC)CC)c1. The van der Waals surface area contributed by atoms with Crippen molar-refractivity contribution in [2.75, 3.05) is 25.0 Å². The molecule has 1 N–H and O–H groups in total. The first kappa shape index (κ1) is 20.4. The number of unbranched alkanes of at least 4 members (excludes halogenated alkanes) is 1. The third-order valence-corrected chi connectivity index (χ3v) is 5.68. The summed E-state index contributed by atoms with van der Waals surface area (Å²) in [7, 11) is -3.67. The predicted octanol–water partition coefficient (Wildman–Crippen LogP) is 3.24. The fourth-order valence-electron chi connectivity index (χ4n) is 2.33. The van der Waals surface area contributed by atoms with Gasteiger partial charge in [-0.1, -0.05) is 27.2 Å². The molecule has 1 aromatic rings. The molecule has 0 aliphatic rings. The molecular formula is C17H28N2O4S. The summed E-state index contributed by atoms with van der Waals surface area (Å²) < 4.78 is 32.5.